The van der Waals surface area contributed by atoms with Gasteiger partial charge < -0.3 is 10.1 Å². The van der Waals surface area contributed by atoms with E-state index in [0.717, 1.165) is 19.4 Å². The molecule has 3 rings (SSSR count). The first kappa shape index (κ1) is 14.1. The number of benzene rings is 1. The second kappa shape index (κ2) is 6.28. The minimum Gasteiger partial charge on any atom is -0.380 e. The third-order valence-corrected chi connectivity index (χ3v) is 3.83. The van der Waals surface area contributed by atoms with Crippen molar-refractivity contribution in [1.29, 1.82) is 0 Å². The van der Waals surface area contributed by atoms with Gasteiger partial charge in [-0.15, -0.1) is 0 Å². The summed E-state index contributed by atoms with van der Waals surface area (Å²) in [7, 11) is 0. The smallest absolute Gasteiger partial charge is 0.292 e. The van der Waals surface area contributed by atoms with E-state index in [-0.39, 0.29) is 16.7 Å². The number of para-hydroxylation sites is 1. The van der Waals surface area contributed by atoms with Crippen LogP contribution in [0.1, 0.15) is 12.8 Å². The van der Waals surface area contributed by atoms with Gasteiger partial charge in [0.05, 0.1) is 23.7 Å². The van der Waals surface area contributed by atoms with Crippen LogP contribution < -0.4 is 10.9 Å². The molecule has 1 aliphatic heterocycles. The first-order valence-electron chi connectivity index (χ1n) is 6.94. The van der Waals surface area contributed by atoms with Crippen molar-refractivity contribution in [3.8, 4) is 5.69 Å². The van der Waals surface area contributed by atoms with Crippen LogP contribution in [0.15, 0.2) is 41.3 Å². The molecule has 1 aromatic carbocycles. The van der Waals surface area contributed by atoms with E-state index in [9.17, 15) is 4.79 Å². The van der Waals surface area contributed by atoms with Crippen LogP contribution in [0.5, 0.6) is 0 Å². The summed E-state index contributed by atoms with van der Waals surface area (Å²) in [4.78, 5) is 12.3. The summed E-state index contributed by atoms with van der Waals surface area (Å²) in [6.07, 6.45) is 3.86. The van der Waals surface area contributed by atoms with Crippen LogP contribution in [0, 0.1) is 0 Å². The quantitative estimate of drug-likeness (QED) is 0.943. The Balaban J connectivity index is 1.81. The topological polar surface area (TPSA) is 56.1 Å². The molecule has 0 spiro atoms. The summed E-state index contributed by atoms with van der Waals surface area (Å²) in [5.74, 6) is 0. The zero-order chi connectivity index (χ0) is 14.7. The lowest BCUT2D eigenvalue weighted by atomic mass is 10.2. The van der Waals surface area contributed by atoms with E-state index in [1.54, 1.807) is 6.20 Å². The van der Waals surface area contributed by atoms with Crippen molar-refractivity contribution in [3.63, 3.8) is 0 Å². The van der Waals surface area contributed by atoms with Gasteiger partial charge in [0.1, 0.15) is 5.02 Å². The average molecular weight is 306 g/mol. The highest BCUT2D eigenvalue weighted by molar-refractivity contribution is 6.32. The van der Waals surface area contributed by atoms with Crippen molar-refractivity contribution in [1.82, 2.24) is 9.78 Å². The molecule has 0 unspecified atom stereocenters. The Morgan fingerprint density at radius 2 is 2.19 bits per heavy atom. The number of nitrogens with zero attached hydrogens (tertiary/aromatic N) is 2. The third kappa shape index (κ3) is 3.09. The average Bonchev–Trinajstić information content (AvgIpc) is 3.03. The van der Waals surface area contributed by atoms with Crippen LogP contribution >= 0.6 is 11.6 Å². The van der Waals surface area contributed by atoms with Crippen LogP contribution in [0.4, 0.5) is 5.69 Å². The summed E-state index contributed by atoms with van der Waals surface area (Å²) in [5.41, 5.74) is 0.902. The number of hydrogen-bond donors (Lipinski definition) is 1. The first-order valence-corrected chi connectivity index (χ1v) is 7.32. The van der Waals surface area contributed by atoms with Gasteiger partial charge in [0.15, 0.2) is 0 Å². The minimum absolute atomic E-state index is 0.145. The fourth-order valence-electron chi connectivity index (χ4n) is 2.34. The number of ether oxygens (including phenoxy) is 1. The Kier molecular flexibility index (Phi) is 4.22. The van der Waals surface area contributed by atoms with Crippen molar-refractivity contribution >= 4 is 17.3 Å². The predicted molar refractivity (Wildman–Crippen MR) is 82.3 cm³/mol. The van der Waals surface area contributed by atoms with Crippen molar-refractivity contribution in [2.45, 2.75) is 18.9 Å². The Morgan fingerprint density at radius 1 is 1.38 bits per heavy atom. The summed E-state index contributed by atoms with van der Waals surface area (Å²) in [6.45, 7) is 1.43. The molecule has 21 heavy (non-hydrogen) atoms. The third-order valence-electron chi connectivity index (χ3n) is 3.46. The van der Waals surface area contributed by atoms with Crippen molar-refractivity contribution in [3.05, 3.63) is 51.9 Å². The highest BCUT2D eigenvalue weighted by atomic mass is 35.5. The molecule has 0 amide bonds. The molecule has 1 aliphatic rings. The largest absolute Gasteiger partial charge is 0.380 e. The second-order valence-corrected chi connectivity index (χ2v) is 5.32. The fourth-order valence-corrected chi connectivity index (χ4v) is 2.53. The van der Waals surface area contributed by atoms with Gasteiger partial charge in [-0.05, 0) is 25.0 Å². The number of nitrogens with one attached hydrogen (secondary N) is 1. The van der Waals surface area contributed by atoms with E-state index in [2.05, 4.69) is 10.4 Å². The Bertz CT molecular complexity index is 666. The normalized spacial score (nSPS) is 17.9. The van der Waals surface area contributed by atoms with E-state index in [4.69, 9.17) is 16.3 Å². The van der Waals surface area contributed by atoms with Crippen LogP contribution in [-0.4, -0.2) is 29.0 Å². The molecule has 110 valence electrons. The highest BCUT2D eigenvalue weighted by Gasteiger charge is 2.16. The molecule has 2 heterocycles. The number of rotatable bonds is 4. The highest BCUT2D eigenvalue weighted by Crippen LogP contribution is 2.18. The van der Waals surface area contributed by atoms with E-state index in [0.29, 0.717) is 17.9 Å². The zero-order valence-corrected chi connectivity index (χ0v) is 12.2. The lowest BCUT2D eigenvalue weighted by molar-refractivity contribution is 0.120. The summed E-state index contributed by atoms with van der Waals surface area (Å²) in [6, 6.07) is 9.20. The molecule has 0 aliphatic carbocycles. The molecule has 2 aromatic rings. The van der Waals surface area contributed by atoms with Gasteiger partial charge in [0, 0.05) is 13.2 Å². The monoisotopic (exact) mass is 305 g/mol. The summed E-state index contributed by atoms with van der Waals surface area (Å²) < 4.78 is 6.82. The molecule has 0 saturated carbocycles. The molecule has 1 saturated heterocycles. The lowest BCUT2D eigenvalue weighted by Crippen LogP contribution is -2.24. The van der Waals surface area contributed by atoms with Gasteiger partial charge >= 0.3 is 0 Å². The van der Waals surface area contributed by atoms with E-state index < -0.39 is 0 Å². The van der Waals surface area contributed by atoms with E-state index >= 15 is 0 Å². The Labute approximate surface area is 127 Å². The van der Waals surface area contributed by atoms with Crippen LogP contribution in [-0.2, 0) is 4.74 Å². The lowest BCUT2D eigenvalue weighted by Gasteiger charge is -2.13. The van der Waals surface area contributed by atoms with Crippen molar-refractivity contribution in [2.75, 3.05) is 18.5 Å². The van der Waals surface area contributed by atoms with Crippen LogP contribution in [0.2, 0.25) is 5.02 Å². The molecule has 5 nitrogen and oxygen atoms in total. The molecule has 1 fully saturated rings. The molecule has 0 bridgehead atoms. The maximum Gasteiger partial charge on any atom is 0.292 e. The van der Waals surface area contributed by atoms with Crippen molar-refractivity contribution in [2.24, 2.45) is 0 Å². The Hall–Kier alpha value is -1.85. The molecule has 6 heteroatoms. The maximum absolute atomic E-state index is 12.3. The molecule has 1 aromatic heterocycles. The first-order chi connectivity index (χ1) is 10.3. The van der Waals surface area contributed by atoms with Gasteiger partial charge in [0.2, 0.25) is 0 Å². The predicted octanol–water partition coefficient (Wildman–Crippen LogP) is 2.48. The standard InChI is InChI=1S/C15H16ClN3O2/c16-14-13(17-9-12-7-4-8-21-12)10-18-19(15(14)20)11-5-2-1-3-6-11/h1-3,5-6,10,12,17H,4,7-9H2/t12-/m0/s1. The SMILES string of the molecule is O=c1c(Cl)c(NC[C@@H]2CCCO2)cnn1-c1ccccc1. The molecule has 0 radical (unpaired) electrons. The Morgan fingerprint density at radius 3 is 2.90 bits per heavy atom. The van der Waals surface area contributed by atoms with E-state index in [1.807, 2.05) is 30.3 Å². The summed E-state index contributed by atoms with van der Waals surface area (Å²) in [5, 5.41) is 7.46. The fraction of sp³-hybridized carbons (Fsp3) is 0.333. The number of aromatic nitrogens is 2. The molecule has 1 atom stereocenters. The molecular formula is C15H16ClN3O2. The number of halogens is 1. The van der Waals surface area contributed by atoms with Crippen LogP contribution in [0.3, 0.4) is 0 Å². The summed E-state index contributed by atoms with van der Waals surface area (Å²) >= 11 is 6.16. The minimum atomic E-state index is -0.333. The van der Waals surface area contributed by atoms with Gasteiger partial charge in [-0.3, -0.25) is 4.79 Å². The second-order valence-electron chi connectivity index (χ2n) is 4.94. The molecular weight excluding hydrogens is 290 g/mol. The zero-order valence-electron chi connectivity index (χ0n) is 11.5. The van der Waals surface area contributed by atoms with Crippen molar-refractivity contribution < 1.29 is 4.74 Å². The van der Waals surface area contributed by atoms with E-state index in [1.165, 1.54) is 4.68 Å². The van der Waals surface area contributed by atoms with Crippen LogP contribution in [0.25, 0.3) is 5.69 Å². The van der Waals surface area contributed by atoms with Gasteiger partial charge in [-0.25, -0.2) is 0 Å². The number of anilines is 1. The van der Waals surface area contributed by atoms with Gasteiger partial charge in [0.25, 0.3) is 5.56 Å². The van der Waals surface area contributed by atoms with Gasteiger partial charge in [-0.2, -0.15) is 9.78 Å². The maximum atomic E-state index is 12.3. The van der Waals surface area contributed by atoms with Gasteiger partial charge in [-0.1, -0.05) is 29.8 Å². The molecule has 1 N–H and O–H groups in total. The number of hydrogen-bond acceptors (Lipinski definition) is 4.